The van der Waals surface area contributed by atoms with Crippen molar-refractivity contribution in [2.45, 2.75) is 37.0 Å². The topological polar surface area (TPSA) is 59.0 Å². The molecule has 0 spiro atoms. The first kappa shape index (κ1) is 8.76. The van der Waals surface area contributed by atoms with E-state index in [-0.39, 0.29) is 6.10 Å². The highest BCUT2D eigenvalue weighted by molar-refractivity contribution is 8.04. The van der Waals surface area contributed by atoms with Crippen molar-refractivity contribution >= 4 is 11.8 Å². The molecule has 4 heteroatoms. The maximum absolute atomic E-state index is 8.76. The van der Waals surface area contributed by atoms with Crippen LogP contribution in [-0.4, -0.2) is 11.4 Å². The lowest BCUT2D eigenvalue weighted by Gasteiger charge is -2.34. The van der Waals surface area contributed by atoms with Crippen LogP contribution >= 0.6 is 11.8 Å². The number of fused-ring (bicyclic) bond motifs is 1. The number of nitrogens with two attached hydrogens (primary N) is 1. The summed E-state index contributed by atoms with van der Waals surface area (Å²) >= 11 is 1.59. The van der Waals surface area contributed by atoms with Crippen molar-refractivity contribution in [2.24, 2.45) is 5.73 Å². The molecule has 0 amide bonds. The lowest BCUT2D eigenvalue weighted by atomic mass is 9.97. The van der Waals surface area contributed by atoms with Gasteiger partial charge in [-0.3, -0.25) is 0 Å². The predicted molar refractivity (Wildman–Crippen MR) is 51.5 cm³/mol. The monoisotopic (exact) mass is 196 g/mol. The Bertz CT molecular complexity index is 282. The van der Waals surface area contributed by atoms with E-state index in [0.29, 0.717) is 16.0 Å². The van der Waals surface area contributed by atoms with E-state index in [2.05, 4.69) is 6.07 Å². The van der Waals surface area contributed by atoms with E-state index in [1.54, 1.807) is 11.8 Å². The summed E-state index contributed by atoms with van der Waals surface area (Å²) in [6.07, 6.45) is 4.94. The van der Waals surface area contributed by atoms with Crippen molar-refractivity contribution in [3.63, 3.8) is 0 Å². The third-order valence-electron chi connectivity index (χ3n) is 2.51. The van der Waals surface area contributed by atoms with E-state index >= 15 is 0 Å². The highest BCUT2D eigenvalue weighted by Gasteiger charge is 2.33. The van der Waals surface area contributed by atoms with Crippen LogP contribution in [0, 0.1) is 11.3 Å². The van der Waals surface area contributed by atoms with Gasteiger partial charge in [0.25, 0.3) is 0 Å². The van der Waals surface area contributed by atoms with Gasteiger partial charge >= 0.3 is 0 Å². The Balaban J connectivity index is 2.15. The summed E-state index contributed by atoms with van der Waals surface area (Å²) < 4.78 is 5.51. The van der Waals surface area contributed by atoms with Crippen LogP contribution in [0.4, 0.5) is 0 Å². The molecule has 2 atom stereocenters. The number of allylic oxidation sites excluding steroid dienone is 1. The van der Waals surface area contributed by atoms with Crippen molar-refractivity contribution in [2.75, 3.05) is 0 Å². The highest BCUT2D eigenvalue weighted by Crippen LogP contribution is 2.39. The Labute approximate surface area is 81.9 Å². The molecule has 1 fully saturated rings. The van der Waals surface area contributed by atoms with Gasteiger partial charge in [-0.25, -0.2) is 0 Å². The molecule has 0 radical (unpaired) electrons. The molecule has 0 saturated heterocycles. The summed E-state index contributed by atoms with van der Waals surface area (Å²) in [5, 5.41) is 9.22. The molecule has 1 saturated carbocycles. The Morgan fingerprint density at radius 1 is 1.46 bits per heavy atom. The van der Waals surface area contributed by atoms with Crippen LogP contribution in [0.15, 0.2) is 10.8 Å². The number of hydrogen-bond acceptors (Lipinski definition) is 4. The molecule has 3 nitrogen and oxygen atoms in total. The standard InChI is InChI=1S/C9H12N2OS/c10-5-8-9(11)12-6-3-1-2-4-7(6)13-8/h6-7H,1-4,11H2. The van der Waals surface area contributed by atoms with Crippen molar-refractivity contribution < 1.29 is 4.74 Å². The Hall–Kier alpha value is -0.820. The van der Waals surface area contributed by atoms with Gasteiger partial charge < -0.3 is 10.5 Å². The van der Waals surface area contributed by atoms with E-state index in [1.807, 2.05) is 0 Å². The summed E-state index contributed by atoms with van der Waals surface area (Å²) in [6, 6.07) is 2.08. The molecule has 2 unspecified atom stereocenters. The molecule has 0 aromatic heterocycles. The van der Waals surface area contributed by atoms with E-state index < -0.39 is 0 Å². The molecule has 0 bridgehead atoms. The maximum Gasteiger partial charge on any atom is 0.209 e. The molecule has 70 valence electrons. The minimum absolute atomic E-state index is 0.246. The third kappa shape index (κ3) is 1.61. The van der Waals surface area contributed by atoms with Gasteiger partial charge in [0, 0.05) is 5.25 Å². The van der Waals surface area contributed by atoms with Crippen LogP contribution < -0.4 is 5.73 Å². The number of ether oxygens (including phenoxy) is 1. The van der Waals surface area contributed by atoms with Gasteiger partial charge in [0.05, 0.1) is 0 Å². The second kappa shape index (κ2) is 3.51. The Kier molecular flexibility index (Phi) is 2.36. The summed E-state index contributed by atoms with van der Waals surface area (Å²) in [4.78, 5) is 0.558. The summed E-state index contributed by atoms with van der Waals surface area (Å²) in [5.74, 6) is 0.329. The molecule has 1 heterocycles. The molecule has 2 aliphatic rings. The van der Waals surface area contributed by atoms with E-state index in [0.717, 1.165) is 12.8 Å². The normalized spacial score (nSPS) is 33.2. The Morgan fingerprint density at radius 2 is 2.23 bits per heavy atom. The van der Waals surface area contributed by atoms with E-state index in [4.69, 9.17) is 15.7 Å². The van der Waals surface area contributed by atoms with Crippen molar-refractivity contribution in [1.29, 1.82) is 5.26 Å². The largest absolute Gasteiger partial charge is 0.474 e. The number of nitriles is 1. The zero-order chi connectivity index (χ0) is 9.26. The van der Waals surface area contributed by atoms with Gasteiger partial charge in [0.1, 0.15) is 17.1 Å². The van der Waals surface area contributed by atoms with Crippen LogP contribution in [0.2, 0.25) is 0 Å². The van der Waals surface area contributed by atoms with Crippen molar-refractivity contribution in [1.82, 2.24) is 0 Å². The van der Waals surface area contributed by atoms with E-state index in [1.165, 1.54) is 12.8 Å². The summed E-state index contributed by atoms with van der Waals surface area (Å²) in [5.41, 5.74) is 5.61. The van der Waals surface area contributed by atoms with Crippen LogP contribution in [0.1, 0.15) is 25.7 Å². The average molecular weight is 196 g/mol. The number of hydrogen-bond donors (Lipinski definition) is 1. The van der Waals surface area contributed by atoms with Gasteiger partial charge in [-0.1, -0.05) is 6.42 Å². The SMILES string of the molecule is N#CC1=C(N)OC2CCCCC2S1. The zero-order valence-electron chi connectivity index (χ0n) is 7.32. The zero-order valence-corrected chi connectivity index (χ0v) is 8.14. The molecular weight excluding hydrogens is 184 g/mol. The summed E-state index contributed by atoms with van der Waals surface area (Å²) in [6.45, 7) is 0. The maximum atomic E-state index is 8.76. The van der Waals surface area contributed by atoms with Gasteiger partial charge in [-0.15, -0.1) is 11.8 Å². The third-order valence-corrected chi connectivity index (χ3v) is 3.89. The van der Waals surface area contributed by atoms with E-state index in [9.17, 15) is 0 Å². The van der Waals surface area contributed by atoms with Crippen molar-refractivity contribution in [3.05, 3.63) is 10.8 Å². The molecule has 1 aliphatic heterocycles. The van der Waals surface area contributed by atoms with Crippen molar-refractivity contribution in [3.8, 4) is 6.07 Å². The van der Waals surface area contributed by atoms with Crippen LogP contribution in [0.3, 0.4) is 0 Å². The van der Waals surface area contributed by atoms with Crippen LogP contribution in [-0.2, 0) is 4.74 Å². The minimum atomic E-state index is 0.246. The van der Waals surface area contributed by atoms with Gasteiger partial charge in [-0.05, 0) is 19.3 Å². The number of nitrogens with zero attached hydrogens (tertiary/aromatic N) is 1. The molecular formula is C9H12N2OS. The Morgan fingerprint density at radius 3 is 3.00 bits per heavy atom. The first-order valence-corrected chi connectivity index (χ1v) is 5.42. The fourth-order valence-corrected chi connectivity index (χ4v) is 2.99. The molecule has 2 rings (SSSR count). The van der Waals surface area contributed by atoms with Gasteiger partial charge in [0.15, 0.2) is 0 Å². The lowest BCUT2D eigenvalue weighted by molar-refractivity contribution is 0.0821. The fourth-order valence-electron chi connectivity index (χ4n) is 1.84. The number of thioether (sulfide) groups is 1. The quantitative estimate of drug-likeness (QED) is 0.640. The average Bonchev–Trinajstić information content (AvgIpc) is 2.17. The number of rotatable bonds is 0. The van der Waals surface area contributed by atoms with Crippen LogP contribution in [0.5, 0.6) is 0 Å². The van der Waals surface area contributed by atoms with Crippen LogP contribution in [0.25, 0.3) is 0 Å². The molecule has 2 N–H and O–H groups in total. The fraction of sp³-hybridized carbons (Fsp3) is 0.667. The highest BCUT2D eigenvalue weighted by atomic mass is 32.2. The molecule has 0 aromatic rings. The summed E-state index contributed by atoms with van der Waals surface area (Å²) in [7, 11) is 0. The van der Waals surface area contributed by atoms with Gasteiger partial charge in [-0.2, -0.15) is 5.26 Å². The molecule has 0 aromatic carbocycles. The minimum Gasteiger partial charge on any atom is -0.474 e. The first-order chi connectivity index (χ1) is 6.31. The second-order valence-electron chi connectivity index (χ2n) is 3.40. The first-order valence-electron chi connectivity index (χ1n) is 4.54. The lowest BCUT2D eigenvalue weighted by Crippen LogP contribution is -2.34. The molecule has 1 aliphatic carbocycles. The predicted octanol–water partition coefficient (Wildman–Crippen LogP) is 1.71. The van der Waals surface area contributed by atoms with Gasteiger partial charge in [0.2, 0.25) is 5.88 Å². The second-order valence-corrected chi connectivity index (χ2v) is 4.65. The smallest absolute Gasteiger partial charge is 0.209 e. The molecule has 13 heavy (non-hydrogen) atoms.